The van der Waals surface area contributed by atoms with Crippen molar-refractivity contribution in [1.29, 1.82) is 0 Å². The maximum Gasteiger partial charge on any atom is 0.238 e. The quantitative estimate of drug-likeness (QED) is 0.830. The number of nitrogens with two attached hydrogens (primary N) is 1. The summed E-state index contributed by atoms with van der Waals surface area (Å²) < 4.78 is 0. The Balaban J connectivity index is 1.88. The first-order valence-electron chi connectivity index (χ1n) is 6.54. The first kappa shape index (κ1) is 14.2. The molecule has 3 N–H and O–H groups in total. The number of nitrogen functional groups attached to an aromatic ring is 1. The van der Waals surface area contributed by atoms with Gasteiger partial charge in [0.2, 0.25) is 5.91 Å². The zero-order valence-electron chi connectivity index (χ0n) is 11.5. The van der Waals surface area contributed by atoms with Crippen LogP contribution in [-0.4, -0.2) is 41.4 Å². The molecule has 0 spiro atoms. The number of carbonyl (C=O) groups excluding carboxylic acids is 1. The second-order valence-electron chi connectivity index (χ2n) is 5.04. The van der Waals surface area contributed by atoms with Crippen LogP contribution in [0.1, 0.15) is 12.5 Å². The smallest absolute Gasteiger partial charge is 0.238 e. The fourth-order valence-electron chi connectivity index (χ4n) is 2.16. The summed E-state index contributed by atoms with van der Waals surface area (Å²) in [6.45, 7) is 6.58. The number of thioether (sulfide) groups is 1. The molecule has 2 rings (SSSR count). The number of carbonyl (C=O) groups is 1. The first-order chi connectivity index (χ1) is 9.04. The van der Waals surface area contributed by atoms with Gasteiger partial charge in [0.1, 0.15) is 0 Å². The number of rotatable bonds is 3. The van der Waals surface area contributed by atoms with Crippen molar-refractivity contribution >= 4 is 29.0 Å². The van der Waals surface area contributed by atoms with Crippen molar-refractivity contribution in [3.05, 3.63) is 23.8 Å². The first-order valence-corrected chi connectivity index (χ1v) is 7.59. The SMILES string of the molecule is Cc1ccc(NC(=O)CN2CCSC(C)C2)cc1N. The standard InChI is InChI=1S/C14H21N3OS/c1-10-3-4-12(7-13(10)15)16-14(18)9-17-5-6-19-11(2)8-17/h3-4,7,11H,5-6,8-9,15H2,1-2H3,(H,16,18). The van der Waals surface area contributed by atoms with Gasteiger partial charge in [-0.2, -0.15) is 11.8 Å². The third-order valence-corrected chi connectivity index (χ3v) is 4.39. The second-order valence-corrected chi connectivity index (χ2v) is 6.58. The molecule has 104 valence electrons. The van der Waals surface area contributed by atoms with E-state index in [1.807, 2.05) is 36.9 Å². The van der Waals surface area contributed by atoms with Gasteiger partial charge in [0.25, 0.3) is 0 Å². The lowest BCUT2D eigenvalue weighted by Crippen LogP contribution is -2.41. The Labute approximate surface area is 118 Å². The number of hydrogen-bond donors (Lipinski definition) is 2. The number of benzene rings is 1. The summed E-state index contributed by atoms with van der Waals surface area (Å²) in [6.07, 6.45) is 0. The highest BCUT2D eigenvalue weighted by atomic mass is 32.2. The zero-order chi connectivity index (χ0) is 13.8. The number of nitrogens with one attached hydrogen (secondary N) is 1. The van der Waals surface area contributed by atoms with E-state index in [2.05, 4.69) is 17.1 Å². The number of aryl methyl sites for hydroxylation is 1. The number of anilines is 2. The maximum absolute atomic E-state index is 12.0. The molecule has 1 aromatic rings. The average molecular weight is 279 g/mol. The van der Waals surface area contributed by atoms with Crippen LogP contribution < -0.4 is 11.1 Å². The molecular formula is C14H21N3OS. The molecule has 1 heterocycles. The monoisotopic (exact) mass is 279 g/mol. The van der Waals surface area contributed by atoms with Gasteiger partial charge in [0.05, 0.1) is 6.54 Å². The lowest BCUT2D eigenvalue weighted by atomic mass is 10.2. The highest BCUT2D eigenvalue weighted by Crippen LogP contribution is 2.19. The van der Waals surface area contributed by atoms with Gasteiger partial charge in [-0.15, -0.1) is 0 Å². The third-order valence-electron chi connectivity index (χ3n) is 3.26. The van der Waals surface area contributed by atoms with Gasteiger partial charge in [0.15, 0.2) is 0 Å². The summed E-state index contributed by atoms with van der Waals surface area (Å²) in [6, 6.07) is 5.62. The minimum atomic E-state index is 0.0300. The molecule has 1 fully saturated rings. The van der Waals surface area contributed by atoms with Crippen LogP contribution >= 0.6 is 11.8 Å². The van der Waals surface area contributed by atoms with Crippen molar-refractivity contribution in [2.75, 3.05) is 36.4 Å². The third kappa shape index (κ3) is 4.14. The minimum absolute atomic E-state index is 0.0300. The second kappa shape index (κ2) is 6.30. The van der Waals surface area contributed by atoms with Gasteiger partial charge in [0, 0.05) is 35.5 Å². The molecule has 0 aromatic heterocycles. The summed E-state index contributed by atoms with van der Waals surface area (Å²) in [5.74, 6) is 1.13. The van der Waals surface area contributed by atoms with Crippen molar-refractivity contribution in [2.24, 2.45) is 0 Å². The Hall–Kier alpha value is -1.20. The fourth-order valence-corrected chi connectivity index (χ4v) is 3.24. The molecule has 0 saturated carbocycles. The summed E-state index contributed by atoms with van der Waals surface area (Å²) in [5.41, 5.74) is 8.34. The van der Waals surface area contributed by atoms with Gasteiger partial charge in [-0.3, -0.25) is 9.69 Å². The van der Waals surface area contributed by atoms with E-state index < -0.39 is 0 Å². The van der Waals surface area contributed by atoms with Crippen molar-refractivity contribution in [3.63, 3.8) is 0 Å². The van der Waals surface area contributed by atoms with Crippen molar-refractivity contribution < 1.29 is 4.79 Å². The summed E-state index contributed by atoms with van der Waals surface area (Å²) in [5, 5.41) is 3.51. The summed E-state index contributed by atoms with van der Waals surface area (Å²) in [7, 11) is 0. The molecule has 1 amide bonds. The Bertz CT molecular complexity index is 464. The Morgan fingerprint density at radius 1 is 1.58 bits per heavy atom. The highest BCUT2D eigenvalue weighted by Gasteiger charge is 2.18. The van der Waals surface area contributed by atoms with Crippen LogP contribution in [0.2, 0.25) is 0 Å². The van der Waals surface area contributed by atoms with E-state index in [1.54, 1.807) is 0 Å². The molecule has 1 aliphatic rings. The Morgan fingerprint density at radius 2 is 2.37 bits per heavy atom. The molecule has 1 atom stereocenters. The predicted molar refractivity (Wildman–Crippen MR) is 82.6 cm³/mol. The molecule has 19 heavy (non-hydrogen) atoms. The number of nitrogens with zero attached hydrogens (tertiary/aromatic N) is 1. The van der Waals surface area contributed by atoms with Gasteiger partial charge in [-0.1, -0.05) is 13.0 Å². The van der Waals surface area contributed by atoms with Crippen LogP contribution in [0.25, 0.3) is 0 Å². The lowest BCUT2D eigenvalue weighted by Gasteiger charge is -2.29. The molecule has 4 nitrogen and oxygen atoms in total. The normalized spacial score (nSPS) is 20.2. The van der Waals surface area contributed by atoms with Crippen molar-refractivity contribution in [1.82, 2.24) is 4.90 Å². The van der Waals surface area contributed by atoms with Crippen molar-refractivity contribution in [3.8, 4) is 0 Å². The molecule has 1 unspecified atom stereocenters. The van der Waals surface area contributed by atoms with E-state index in [4.69, 9.17) is 5.73 Å². The van der Waals surface area contributed by atoms with E-state index in [0.717, 1.165) is 30.1 Å². The van der Waals surface area contributed by atoms with Gasteiger partial charge >= 0.3 is 0 Å². The van der Waals surface area contributed by atoms with Gasteiger partial charge < -0.3 is 11.1 Å². The van der Waals surface area contributed by atoms with E-state index >= 15 is 0 Å². The Kier molecular flexibility index (Phi) is 4.71. The van der Waals surface area contributed by atoms with Crippen LogP contribution in [0.5, 0.6) is 0 Å². The molecule has 0 radical (unpaired) electrons. The lowest BCUT2D eigenvalue weighted by molar-refractivity contribution is -0.117. The topological polar surface area (TPSA) is 58.4 Å². The van der Waals surface area contributed by atoms with Gasteiger partial charge in [-0.25, -0.2) is 0 Å². The molecule has 5 heteroatoms. The van der Waals surface area contributed by atoms with E-state index in [1.165, 1.54) is 0 Å². The molecular weight excluding hydrogens is 258 g/mol. The van der Waals surface area contributed by atoms with Crippen LogP contribution in [0.4, 0.5) is 11.4 Å². The fraction of sp³-hybridized carbons (Fsp3) is 0.500. The minimum Gasteiger partial charge on any atom is -0.398 e. The molecule has 0 bridgehead atoms. The van der Waals surface area contributed by atoms with Crippen molar-refractivity contribution in [2.45, 2.75) is 19.1 Å². The van der Waals surface area contributed by atoms with E-state index in [-0.39, 0.29) is 5.91 Å². The highest BCUT2D eigenvalue weighted by molar-refractivity contribution is 7.99. The number of hydrogen-bond acceptors (Lipinski definition) is 4. The van der Waals surface area contributed by atoms with Gasteiger partial charge in [-0.05, 0) is 24.6 Å². The summed E-state index contributed by atoms with van der Waals surface area (Å²) in [4.78, 5) is 14.2. The predicted octanol–water partition coefficient (Wildman–Crippen LogP) is 1.95. The average Bonchev–Trinajstić information content (AvgIpc) is 2.34. The van der Waals surface area contributed by atoms with Crippen LogP contribution in [0.3, 0.4) is 0 Å². The Morgan fingerprint density at radius 3 is 3.05 bits per heavy atom. The molecule has 1 aromatic carbocycles. The van der Waals surface area contributed by atoms with Crippen LogP contribution in [0.15, 0.2) is 18.2 Å². The largest absolute Gasteiger partial charge is 0.398 e. The maximum atomic E-state index is 12.0. The van der Waals surface area contributed by atoms with E-state index in [9.17, 15) is 4.79 Å². The molecule has 0 aliphatic carbocycles. The zero-order valence-corrected chi connectivity index (χ0v) is 12.3. The van der Waals surface area contributed by atoms with Crippen LogP contribution in [-0.2, 0) is 4.79 Å². The van der Waals surface area contributed by atoms with Crippen LogP contribution in [0, 0.1) is 6.92 Å². The number of amides is 1. The van der Waals surface area contributed by atoms with E-state index in [0.29, 0.717) is 17.5 Å². The molecule has 1 aliphatic heterocycles. The molecule has 1 saturated heterocycles. The summed E-state index contributed by atoms with van der Waals surface area (Å²) >= 11 is 1.97.